The van der Waals surface area contributed by atoms with Gasteiger partial charge in [0.1, 0.15) is 16.1 Å². The molecule has 1 heterocycles. The standard InChI is InChI=1S/C20H30N2OS/c1-19(2,3)24(23)21-18-9-11-20(18)12-15-22(16-13-20)14-10-17-7-5-4-6-8-17/h4-8H,9-16H2,1-3H3/t24-/m0/s1. The molecule has 1 saturated heterocycles. The van der Waals surface area contributed by atoms with Crippen LogP contribution in [0.4, 0.5) is 0 Å². The fourth-order valence-electron chi connectivity index (χ4n) is 3.64. The minimum Gasteiger partial charge on any atom is -0.591 e. The molecule has 2 aliphatic rings. The van der Waals surface area contributed by atoms with Crippen LogP contribution in [0.15, 0.2) is 34.7 Å². The molecule has 1 saturated carbocycles. The highest BCUT2D eigenvalue weighted by molar-refractivity contribution is 7.91. The van der Waals surface area contributed by atoms with E-state index >= 15 is 0 Å². The number of nitrogens with zero attached hydrogens (tertiary/aromatic N) is 2. The van der Waals surface area contributed by atoms with E-state index in [2.05, 4.69) is 39.6 Å². The number of benzene rings is 1. The summed E-state index contributed by atoms with van der Waals surface area (Å²) in [5.41, 5.74) is 2.92. The molecular weight excluding hydrogens is 316 g/mol. The molecule has 3 nitrogen and oxygen atoms in total. The topological polar surface area (TPSA) is 38.7 Å². The van der Waals surface area contributed by atoms with Gasteiger partial charge in [-0.1, -0.05) is 34.7 Å². The highest BCUT2D eigenvalue weighted by Gasteiger charge is 2.47. The van der Waals surface area contributed by atoms with Gasteiger partial charge in [-0.05, 0) is 71.5 Å². The minimum atomic E-state index is -1.11. The summed E-state index contributed by atoms with van der Waals surface area (Å²) in [5, 5.41) is 0. The third kappa shape index (κ3) is 4.04. The van der Waals surface area contributed by atoms with Gasteiger partial charge >= 0.3 is 0 Å². The summed E-state index contributed by atoms with van der Waals surface area (Å²) in [5.74, 6) is 0. The van der Waals surface area contributed by atoms with Crippen LogP contribution in [0.2, 0.25) is 0 Å². The van der Waals surface area contributed by atoms with Gasteiger partial charge in [0.2, 0.25) is 0 Å². The first-order valence-corrected chi connectivity index (χ1v) is 10.3. The van der Waals surface area contributed by atoms with E-state index in [1.165, 1.54) is 30.5 Å². The lowest BCUT2D eigenvalue weighted by molar-refractivity contribution is 0.128. The molecular formula is C20H30N2OS. The highest BCUT2D eigenvalue weighted by atomic mass is 32.2. The van der Waals surface area contributed by atoms with Crippen molar-refractivity contribution in [2.24, 2.45) is 9.81 Å². The second-order valence-electron chi connectivity index (χ2n) is 8.26. The van der Waals surface area contributed by atoms with Crippen LogP contribution in [0.25, 0.3) is 0 Å². The van der Waals surface area contributed by atoms with Gasteiger partial charge in [0.15, 0.2) is 0 Å². The van der Waals surface area contributed by atoms with E-state index in [0.717, 1.165) is 32.5 Å². The summed E-state index contributed by atoms with van der Waals surface area (Å²) >= 11 is -1.11. The molecule has 0 unspecified atom stereocenters. The lowest BCUT2D eigenvalue weighted by Gasteiger charge is -2.48. The summed E-state index contributed by atoms with van der Waals surface area (Å²) in [6, 6.07) is 10.7. The van der Waals surface area contributed by atoms with Crippen molar-refractivity contribution in [1.29, 1.82) is 0 Å². The molecule has 0 radical (unpaired) electrons. The summed E-state index contributed by atoms with van der Waals surface area (Å²) in [6.45, 7) is 9.45. The van der Waals surface area contributed by atoms with E-state index in [-0.39, 0.29) is 10.2 Å². The fourth-order valence-corrected chi connectivity index (χ4v) is 4.40. The zero-order chi connectivity index (χ0) is 17.2. The van der Waals surface area contributed by atoms with Crippen molar-refractivity contribution in [2.75, 3.05) is 19.6 Å². The van der Waals surface area contributed by atoms with Gasteiger partial charge in [-0.25, -0.2) is 0 Å². The zero-order valence-corrected chi connectivity index (χ0v) is 16.1. The van der Waals surface area contributed by atoms with E-state index < -0.39 is 11.4 Å². The van der Waals surface area contributed by atoms with Crippen LogP contribution in [0, 0.1) is 5.41 Å². The molecule has 0 amide bonds. The number of hydrogen-bond acceptors (Lipinski definition) is 3. The molecule has 1 atom stereocenters. The van der Waals surface area contributed by atoms with Gasteiger partial charge in [0, 0.05) is 12.0 Å². The average molecular weight is 347 g/mol. The van der Waals surface area contributed by atoms with E-state index in [1.807, 2.05) is 20.8 Å². The van der Waals surface area contributed by atoms with Crippen LogP contribution < -0.4 is 0 Å². The first-order valence-electron chi connectivity index (χ1n) is 9.15. The molecule has 132 valence electrons. The molecule has 0 N–H and O–H groups in total. The lowest BCUT2D eigenvalue weighted by Crippen LogP contribution is -2.50. The summed E-state index contributed by atoms with van der Waals surface area (Å²) < 4.78 is 16.7. The van der Waals surface area contributed by atoms with Crippen LogP contribution in [-0.4, -0.2) is 39.5 Å². The average Bonchev–Trinajstić information content (AvgIpc) is 2.57. The monoisotopic (exact) mass is 346 g/mol. The largest absolute Gasteiger partial charge is 0.591 e. The Kier molecular flexibility index (Phi) is 5.38. The van der Waals surface area contributed by atoms with Gasteiger partial charge in [0.05, 0.1) is 5.71 Å². The van der Waals surface area contributed by atoms with Crippen LogP contribution in [0.1, 0.15) is 52.0 Å². The third-order valence-corrected chi connectivity index (χ3v) is 6.98. The number of piperidine rings is 1. The lowest BCUT2D eigenvalue weighted by atomic mass is 9.61. The first kappa shape index (κ1) is 18.0. The Morgan fingerprint density at radius 2 is 1.79 bits per heavy atom. The Morgan fingerprint density at radius 3 is 2.33 bits per heavy atom. The van der Waals surface area contributed by atoms with Crippen molar-refractivity contribution in [2.45, 2.75) is 57.6 Å². The first-order chi connectivity index (χ1) is 11.4. The van der Waals surface area contributed by atoms with Crippen LogP contribution in [0.5, 0.6) is 0 Å². The molecule has 1 aromatic carbocycles. The van der Waals surface area contributed by atoms with Crippen molar-refractivity contribution in [3.8, 4) is 0 Å². The second-order valence-corrected chi connectivity index (χ2v) is 10.2. The van der Waals surface area contributed by atoms with E-state index in [1.54, 1.807) is 0 Å². The minimum absolute atomic E-state index is 0.250. The predicted octanol–water partition coefficient (Wildman–Crippen LogP) is 4.01. The van der Waals surface area contributed by atoms with Gasteiger partial charge < -0.3 is 9.45 Å². The zero-order valence-electron chi connectivity index (χ0n) is 15.3. The van der Waals surface area contributed by atoms with Crippen LogP contribution >= 0.6 is 0 Å². The van der Waals surface area contributed by atoms with E-state index in [4.69, 9.17) is 0 Å². The smallest absolute Gasteiger partial charge is 0.144 e. The molecule has 0 bridgehead atoms. The third-order valence-electron chi connectivity index (χ3n) is 5.54. The Bertz CT molecular complexity index is 571. The van der Waals surface area contributed by atoms with Crippen molar-refractivity contribution in [3.63, 3.8) is 0 Å². The highest BCUT2D eigenvalue weighted by Crippen LogP contribution is 2.47. The molecule has 0 aromatic heterocycles. The van der Waals surface area contributed by atoms with Crippen molar-refractivity contribution < 1.29 is 4.55 Å². The van der Waals surface area contributed by atoms with Gasteiger partial charge in [-0.15, -0.1) is 0 Å². The second kappa shape index (κ2) is 7.19. The van der Waals surface area contributed by atoms with Crippen molar-refractivity contribution >= 4 is 17.1 Å². The summed E-state index contributed by atoms with van der Waals surface area (Å²) in [4.78, 5) is 2.58. The van der Waals surface area contributed by atoms with Gasteiger partial charge in [-0.2, -0.15) is 0 Å². The van der Waals surface area contributed by atoms with Gasteiger partial charge in [0.25, 0.3) is 0 Å². The summed E-state index contributed by atoms with van der Waals surface area (Å²) in [7, 11) is 0. The fraction of sp³-hybridized carbons (Fsp3) is 0.650. The molecule has 1 aromatic rings. The maximum atomic E-state index is 12.3. The SMILES string of the molecule is CC(C)(C)[S@+]([O-])N=C1CCC12CCN(CCc1ccccc1)CC2. The van der Waals surface area contributed by atoms with E-state index in [0.29, 0.717) is 0 Å². The molecule has 4 heteroatoms. The predicted molar refractivity (Wildman–Crippen MR) is 103 cm³/mol. The maximum Gasteiger partial charge on any atom is 0.144 e. The molecule has 3 rings (SSSR count). The summed E-state index contributed by atoms with van der Waals surface area (Å²) in [6.07, 6.45) is 5.78. The molecule has 1 spiro atoms. The molecule has 24 heavy (non-hydrogen) atoms. The normalized spacial score (nSPS) is 24.1. The van der Waals surface area contributed by atoms with Crippen molar-refractivity contribution in [1.82, 2.24) is 4.90 Å². The van der Waals surface area contributed by atoms with E-state index in [9.17, 15) is 4.55 Å². The Labute approximate surface area is 149 Å². The quantitative estimate of drug-likeness (QED) is 0.773. The number of likely N-dealkylation sites (tertiary alicyclic amines) is 1. The number of hydrogen-bond donors (Lipinski definition) is 0. The molecule has 1 aliphatic heterocycles. The molecule has 1 aliphatic carbocycles. The number of rotatable bonds is 4. The Balaban J connectivity index is 1.52. The maximum absolute atomic E-state index is 12.3. The van der Waals surface area contributed by atoms with Crippen LogP contribution in [-0.2, 0) is 17.8 Å². The van der Waals surface area contributed by atoms with Crippen molar-refractivity contribution in [3.05, 3.63) is 35.9 Å². The Hall–Kier alpha value is -0.840. The Morgan fingerprint density at radius 1 is 1.12 bits per heavy atom. The van der Waals surface area contributed by atoms with Gasteiger partial charge in [-0.3, -0.25) is 0 Å². The van der Waals surface area contributed by atoms with Crippen LogP contribution in [0.3, 0.4) is 0 Å². The molecule has 2 fully saturated rings.